The van der Waals surface area contributed by atoms with Crippen molar-refractivity contribution in [3.63, 3.8) is 0 Å². The van der Waals surface area contributed by atoms with Crippen molar-refractivity contribution in [3.8, 4) is 0 Å². The van der Waals surface area contributed by atoms with Crippen LogP contribution in [0.5, 0.6) is 0 Å². The van der Waals surface area contributed by atoms with E-state index in [4.69, 9.17) is 0 Å². The molecule has 0 saturated carbocycles. The second-order valence-corrected chi connectivity index (χ2v) is 4.09. The van der Waals surface area contributed by atoms with Crippen LogP contribution >= 0.6 is 0 Å². The molecule has 0 saturated heterocycles. The Labute approximate surface area is 85.4 Å². The molecule has 0 aromatic carbocycles. The van der Waals surface area contributed by atoms with Gasteiger partial charge in [0.25, 0.3) is 0 Å². The summed E-state index contributed by atoms with van der Waals surface area (Å²) in [7, 11) is 0. The summed E-state index contributed by atoms with van der Waals surface area (Å²) in [4.78, 5) is 14.8. The highest BCUT2D eigenvalue weighted by molar-refractivity contribution is 5.54. The van der Waals surface area contributed by atoms with E-state index in [1.165, 1.54) is 5.56 Å². The van der Waals surface area contributed by atoms with Gasteiger partial charge < -0.3 is 4.79 Å². The highest BCUT2D eigenvalue weighted by atomic mass is 16.1. The van der Waals surface area contributed by atoms with Crippen LogP contribution in [0, 0.1) is 11.8 Å². The molecule has 2 nitrogen and oxygen atoms in total. The number of aromatic nitrogens is 1. The normalized spacial score (nSPS) is 12.8. The van der Waals surface area contributed by atoms with Gasteiger partial charge in [0.15, 0.2) is 0 Å². The number of hydrogen-bond donors (Lipinski definition) is 0. The van der Waals surface area contributed by atoms with Crippen LogP contribution in [0.2, 0.25) is 0 Å². The van der Waals surface area contributed by atoms with Crippen molar-refractivity contribution < 1.29 is 4.79 Å². The van der Waals surface area contributed by atoms with Gasteiger partial charge in [-0.05, 0) is 36.5 Å². The van der Waals surface area contributed by atoms with Gasteiger partial charge in [-0.1, -0.05) is 13.8 Å². The van der Waals surface area contributed by atoms with E-state index in [1.807, 2.05) is 12.1 Å². The minimum Gasteiger partial charge on any atom is -0.303 e. The Balaban J connectivity index is 2.53. The minimum absolute atomic E-state index is 0.150. The number of carbonyl (C=O) groups excluding carboxylic acids is 1. The molecule has 1 unspecified atom stereocenters. The van der Waals surface area contributed by atoms with Crippen molar-refractivity contribution in [2.45, 2.75) is 26.7 Å². The van der Waals surface area contributed by atoms with E-state index in [0.29, 0.717) is 5.92 Å². The van der Waals surface area contributed by atoms with Gasteiger partial charge in [-0.3, -0.25) is 4.98 Å². The van der Waals surface area contributed by atoms with Crippen LogP contribution in [0.15, 0.2) is 24.5 Å². The molecule has 1 heterocycles. The number of pyridine rings is 1. The molecule has 1 rings (SSSR count). The smallest absolute Gasteiger partial charge is 0.123 e. The van der Waals surface area contributed by atoms with Crippen LogP contribution in [-0.4, -0.2) is 11.3 Å². The van der Waals surface area contributed by atoms with E-state index in [0.717, 1.165) is 19.1 Å². The third-order valence-corrected chi connectivity index (χ3v) is 2.21. The van der Waals surface area contributed by atoms with Gasteiger partial charge in [-0.2, -0.15) is 0 Å². The summed E-state index contributed by atoms with van der Waals surface area (Å²) < 4.78 is 0. The molecular weight excluding hydrogens is 174 g/mol. The average molecular weight is 191 g/mol. The van der Waals surface area contributed by atoms with Crippen LogP contribution in [0.4, 0.5) is 0 Å². The second-order valence-electron chi connectivity index (χ2n) is 4.09. The second kappa shape index (κ2) is 5.53. The van der Waals surface area contributed by atoms with E-state index in [1.54, 1.807) is 12.4 Å². The first-order valence-corrected chi connectivity index (χ1v) is 5.06. The van der Waals surface area contributed by atoms with E-state index in [-0.39, 0.29) is 5.92 Å². The third-order valence-electron chi connectivity index (χ3n) is 2.21. The minimum atomic E-state index is 0.150. The lowest BCUT2D eigenvalue weighted by Gasteiger charge is -2.12. The highest BCUT2D eigenvalue weighted by Gasteiger charge is 2.10. The predicted molar refractivity (Wildman–Crippen MR) is 57.0 cm³/mol. The molecule has 1 aromatic heterocycles. The summed E-state index contributed by atoms with van der Waals surface area (Å²) >= 11 is 0. The van der Waals surface area contributed by atoms with Crippen molar-refractivity contribution in [3.05, 3.63) is 30.1 Å². The SMILES string of the molecule is CC(C)CC(C=O)Cc1ccncc1. The number of rotatable bonds is 5. The Morgan fingerprint density at radius 1 is 1.36 bits per heavy atom. The fraction of sp³-hybridized carbons (Fsp3) is 0.500. The summed E-state index contributed by atoms with van der Waals surface area (Å²) in [5.74, 6) is 0.726. The van der Waals surface area contributed by atoms with Gasteiger partial charge >= 0.3 is 0 Å². The van der Waals surface area contributed by atoms with E-state index in [9.17, 15) is 4.79 Å². The van der Waals surface area contributed by atoms with Gasteiger partial charge in [0.05, 0.1) is 0 Å². The van der Waals surface area contributed by atoms with Gasteiger partial charge in [-0.15, -0.1) is 0 Å². The summed E-state index contributed by atoms with van der Waals surface area (Å²) in [6.45, 7) is 4.28. The first-order valence-electron chi connectivity index (χ1n) is 5.06. The third kappa shape index (κ3) is 3.69. The maximum atomic E-state index is 10.8. The maximum Gasteiger partial charge on any atom is 0.123 e. The summed E-state index contributed by atoms with van der Waals surface area (Å²) in [5.41, 5.74) is 1.19. The standard InChI is InChI=1S/C12H17NO/c1-10(2)7-12(9-14)8-11-3-5-13-6-4-11/h3-6,9-10,12H,7-8H2,1-2H3. The topological polar surface area (TPSA) is 30.0 Å². The molecule has 0 bridgehead atoms. The molecule has 0 amide bonds. The van der Waals surface area contributed by atoms with Crippen LogP contribution in [0.25, 0.3) is 0 Å². The summed E-state index contributed by atoms with van der Waals surface area (Å²) in [5, 5.41) is 0. The van der Waals surface area contributed by atoms with Gasteiger partial charge in [0.1, 0.15) is 6.29 Å². The molecule has 0 fully saturated rings. The van der Waals surface area contributed by atoms with Crippen LogP contribution < -0.4 is 0 Å². The van der Waals surface area contributed by atoms with Crippen LogP contribution in [-0.2, 0) is 11.2 Å². The molecule has 14 heavy (non-hydrogen) atoms. The lowest BCUT2D eigenvalue weighted by molar-refractivity contribution is -0.111. The van der Waals surface area contributed by atoms with Crippen molar-refractivity contribution in [2.75, 3.05) is 0 Å². The van der Waals surface area contributed by atoms with Crippen molar-refractivity contribution in [2.24, 2.45) is 11.8 Å². The summed E-state index contributed by atoms with van der Waals surface area (Å²) in [6, 6.07) is 3.94. The maximum absolute atomic E-state index is 10.8. The predicted octanol–water partition coefficient (Wildman–Crippen LogP) is 2.49. The van der Waals surface area contributed by atoms with Crippen LogP contribution in [0.1, 0.15) is 25.8 Å². The zero-order valence-electron chi connectivity index (χ0n) is 8.81. The number of carbonyl (C=O) groups is 1. The Morgan fingerprint density at radius 2 is 2.00 bits per heavy atom. The van der Waals surface area contributed by atoms with E-state index >= 15 is 0 Å². The number of hydrogen-bond acceptors (Lipinski definition) is 2. The van der Waals surface area contributed by atoms with Crippen molar-refractivity contribution in [1.82, 2.24) is 4.98 Å². The fourth-order valence-corrected chi connectivity index (χ4v) is 1.61. The van der Waals surface area contributed by atoms with Gasteiger partial charge in [0, 0.05) is 18.3 Å². The molecule has 2 heteroatoms. The molecular formula is C12H17NO. The zero-order chi connectivity index (χ0) is 10.4. The number of nitrogens with zero attached hydrogens (tertiary/aromatic N) is 1. The lowest BCUT2D eigenvalue weighted by Crippen LogP contribution is -2.09. The van der Waals surface area contributed by atoms with Crippen molar-refractivity contribution >= 4 is 6.29 Å². The highest BCUT2D eigenvalue weighted by Crippen LogP contribution is 2.14. The molecule has 0 N–H and O–H groups in total. The average Bonchev–Trinajstić information content (AvgIpc) is 2.17. The zero-order valence-corrected chi connectivity index (χ0v) is 8.81. The Bertz CT molecular complexity index is 269. The van der Waals surface area contributed by atoms with E-state index in [2.05, 4.69) is 18.8 Å². The quantitative estimate of drug-likeness (QED) is 0.669. The Morgan fingerprint density at radius 3 is 2.50 bits per heavy atom. The monoisotopic (exact) mass is 191 g/mol. The molecule has 1 atom stereocenters. The van der Waals surface area contributed by atoms with Crippen molar-refractivity contribution in [1.29, 1.82) is 0 Å². The summed E-state index contributed by atoms with van der Waals surface area (Å²) in [6.07, 6.45) is 6.41. The first kappa shape index (κ1) is 10.9. The molecule has 0 aliphatic heterocycles. The molecule has 0 spiro atoms. The fourth-order valence-electron chi connectivity index (χ4n) is 1.61. The first-order chi connectivity index (χ1) is 6.72. The molecule has 0 radical (unpaired) electrons. The van der Waals surface area contributed by atoms with Gasteiger partial charge in [-0.25, -0.2) is 0 Å². The number of aldehydes is 1. The Hall–Kier alpha value is -1.18. The Kier molecular flexibility index (Phi) is 4.30. The molecule has 0 aliphatic rings. The van der Waals surface area contributed by atoms with Gasteiger partial charge in [0.2, 0.25) is 0 Å². The van der Waals surface area contributed by atoms with E-state index < -0.39 is 0 Å². The molecule has 1 aromatic rings. The van der Waals surface area contributed by atoms with Crippen LogP contribution in [0.3, 0.4) is 0 Å². The largest absolute Gasteiger partial charge is 0.303 e. The lowest BCUT2D eigenvalue weighted by atomic mass is 9.92. The molecule has 76 valence electrons. The molecule has 0 aliphatic carbocycles.